The lowest BCUT2D eigenvalue weighted by atomic mass is 9.98. The molecule has 0 unspecified atom stereocenters. The molecule has 0 radical (unpaired) electrons. The molecule has 1 N–H and O–H groups in total. The maximum absolute atomic E-state index is 12.2. The molecule has 1 fully saturated rings. The lowest BCUT2D eigenvalue weighted by molar-refractivity contribution is -0.150. The van der Waals surface area contributed by atoms with Crippen LogP contribution in [0.15, 0.2) is 24.3 Å². The van der Waals surface area contributed by atoms with Crippen LogP contribution in [0.1, 0.15) is 25.3 Å². The van der Waals surface area contributed by atoms with Crippen LogP contribution in [-0.2, 0) is 20.7 Å². The Morgan fingerprint density at radius 1 is 1.32 bits per heavy atom. The second kappa shape index (κ2) is 10.0. The van der Waals surface area contributed by atoms with Crippen LogP contribution >= 0.6 is 0 Å². The van der Waals surface area contributed by atoms with Gasteiger partial charge in [-0.3, -0.25) is 14.5 Å². The van der Waals surface area contributed by atoms with Crippen molar-refractivity contribution in [1.29, 1.82) is 0 Å². The van der Waals surface area contributed by atoms with Gasteiger partial charge in [-0.05, 0) is 44.4 Å². The predicted molar refractivity (Wildman–Crippen MR) is 95.5 cm³/mol. The zero-order valence-corrected chi connectivity index (χ0v) is 15.1. The summed E-state index contributed by atoms with van der Waals surface area (Å²) in [5.74, 6) is 0.559. The predicted octanol–water partition coefficient (Wildman–Crippen LogP) is 1.63. The normalized spacial score (nSPS) is 17.8. The first kappa shape index (κ1) is 19.2. The summed E-state index contributed by atoms with van der Waals surface area (Å²) in [6, 6.07) is 7.81. The van der Waals surface area contributed by atoms with Crippen LogP contribution in [0.3, 0.4) is 0 Å². The van der Waals surface area contributed by atoms with Crippen LogP contribution in [0, 0.1) is 5.92 Å². The quantitative estimate of drug-likeness (QED) is 0.723. The van der Waals surface area contributed by atoms with Gasteiger partial charge < -0.3 is 14.8 Å². The Hall–Kier alpha value is -2.08. The number of hydrogen-bond donors (Lipinski definition) is 1. The monoisotopic (exact) mass is 348 g/mol. The van der Waals surface area contributed by atoms with Crippen LogP contribution in [-0.4, -0.2) is 56.7 Å². The Morgan fingerprint density at radius 3 is 2.88 bits per heavy atom. The fourth-order valence-corrected chi connectivity index (χ4v) is 3.16. The highest BCUT2D eigenvalue weighted by atomic mass is 16.5. The SMILES string of the molecule is CCOC(=O)[C@@H]1CCCN(CC(=O)NCCc2ccccc2OC)C1. The van der Waals surface area contributed by atoms with Crippen LogP contribution in [0.4, 0.5) is 0 Å². The topological polar surface area (TPSA) is 67.9 Å². The summed E-state index contributed by atoms with van der Waals surface area (Å²) in [6.45, 7) is 4.54. The Labute approximate surface area is 149 Å². The van der Waals surface area contributed by atoms with Gasteiger partial charge in [0.1, 0.15) is 5.75 Å². The molecule has 6 nitrogen and oxygen atoms in total. The number of hydrogen-bond acceptors (Lipinski definition) is 5. The summed E-state index contributed by atoms with van der Waals surface area (Å²) in [5.41, 5.74) is 1.07. The van der Waals surface area contributed by atoms with Crippen LogP contribution in [0.5, 0.6) is 5.75 Å². The van der Waals surface area contributed by atoms with Crippen molar-refractivity contribution in [3.63, 3.8) is 0 Å². The number of benzene rings is 1. The second-order valence-corrected chi connectivity index (χ2v) is 6.24. The van der Waals surface area contributed by atoms with E-state index in [1.54, 1.807) is 7.11 Å². The van der Waals surface area contributed by atoms with Gasteiger partial charge in [0.05, 0.1) is 26.2 Å². The Bertz CT molecular complexity index is 576. The highest BCUT2D eigenvalue weighted by molar-refractivity contribution is 5.78. The Kier molecular flexibility index (Phi) is 7.73. The summed E-state index contributed by atoms with van der Waals surface area (Å²) in [7, 11) is 1.65. The molecule has 1 atom stereocenters. The number of ether oxygens (including phenoxy) is 2. The van der Waals surface area contributed by atoms with E-state index >= 15 is 0 Å². The first-order valence-electron chi connectivity index (χ1n) is 8.91. The van der Waals surface area contributed by atoms with E-state index in [0.29, 0.717) is 26.2 Å². The van der Waals surface area contributed by atoms with Crippen molar-refractivity contribution in [2.24, 2.45) is 5.92 Å². The van der Waals surface area contributed by atoms with Gasteiger partial charge in [-0.15, -0.1) is 0 Å². The summed E-state index contributed by atoms with van der Waals surface area (Å²) in [5, 5.41) is 2.95. The van der Waals surface area contributed by atoms with Crippen LogP contribution in [0.25, 0.3) is 0 Å². The molecule has 0 bridgehead atoms. The molecule has 0 aromatic heterocycles. The van der Waals surface area contributed by atoms with Crippen molar-refractivity contribution in [2.45, 2.75) is 26.2 Å². The maximum Gasteiger partial charge on any atom is 0.310 e. The van der Waals surface area contributed by atoms with Crippen molar-refractivity contribution in [3.05, 3.63) is 29.8 Å². The van der Waals surface area contributed by atoms with Crippen molar-refractivity contribution < 1.29 is 19.1 Å². The van der Waals surface area contributed by atoms with E-state index in [9.17, 15) is 9.59 Å². The number of esters is 1. The summed E-state index contributed by atoms with van der Waals surface area (Å²) in [4.78, 5) is 26.0. The lowest BCUT2D eigenvalue weighted by Crippen LogP contribution is -2.44. The van der Waals surface area contributed by atoms with Crippen LogP contribution in [0.2, 0.25) is 0 Å². The molecule has 25 heavy (non-hydrogen) atoms. The van der Waals surface area contributed by atoms with Gasteiger partial charge in [-0.25, -0.2) is 0 Å². The Balaban J connectivity index is 1.73. The minimum Gasteiger partial charge on any atom is -0.496 e. The van der Waals surface area contributed by atoms with E-state index in [1.165, 1.54) is 0 Å². The average molecular weight is 348 g/mol. The number of nitrogens with one attached hydrogen (secondary N) is 1. The number of nitrogens with zero attached hydrogens (tertiary/aromatic N) is 1. The van der Waals surface area contributed by atoms with Crippen LogP contribution < -0.4 is 10.1 Å². The van der Waals surface area contributed by atoms with E-state index in [1.807, 2.05) is 36.1 Å². The van der Waals surface area contributed by atoms with Crippen molar-refractivity contribution in [2.75, 3.05) is 39.9 Å². The molecule has 1 aromatic carbocycles. The third kappa shape index (κ3) is 6.05. The highest BCUT2D eigenvalue weighted by Gasteiger charge is 2.27. The summed E-state index contributed by atoms with van der Waals surface area (Å²) < 4.78 is 10.4. The number of likely N-dealkylation sites (tertiary alicyclic amines) is 1. The molecular formula is C19H28N2O4. The highest BCUT2D eigenvalue weighted by Crippen LogP contribution is 2.18. The fourth-order valence-electron chi connectivity index (χ4n) is 3.16. The molecule has 0 aliphatic carbocycles. The molecule has 1 aliphatic rings. The third-order valence-corrected chi connectivity index (χ3v) is 4.40. The summed E-state index contributed by atoms with van der Waals surface area (Å²) >= 11 is 0. The van der Waals surface area contributed by atoms with E-state index in [-0.39, 0.29) is 17.8 Å². The van der Waals surface area contributed by atoms with Gasteiger partial charge in [0, 0.05) is 13.1 Å². The maximum atomic E-state index is 12.2. The van der Waals surface area contributed by atoms with Gasteiger partial charge in [-0.1, -0.05) is 18.2 Å². The molecule has 1 heterocycles. The zero-order chi connectivity index (χ0) is 18.1. The minimum atomic E-state index is -0.149. The van der Waals surface area contributed by atoms with E-state index in [4.69, 9.17) is 9.47 Å². The van der Waals surface area contributed by atoms with Gasteiger partial charge >= 0.3 is 5.97 Å². The van der Waals surface area contributed by atoms with E-state index < -0.39 is 0 Å². The molecule has 1 aliphatic heterocycles. The first-order valence-corrected chi connectivity index (χ1v) is 8.91. The largest absolute Gasteiger partial charge is 0.496 e. The molecule has 1 saturated heterocycles. The number of rotatable bonds is 8. The van der Waals surface area contributed by atoms with Gasteiger partial charge in [0.2, 0.25) is 5.91 Å². The molecule has 0 spiro atoms. The Morgan fingerprint density at radius 2 is 2.12 bits per heavy atom. The van der Waals surface area contributed by atoms with Crippen molar-refractivity contribution in [1.82, 2.24) is 10.2 Å². The number of carbonyl (C=O) groups excluding carboxylic acids is 2. The first-order chi connectivity index (χ1) is 12.1. The number of methoxy groups -OCH3 is 1. The standard InChI is InChI=1S/C19H28N2O4/c1-3-25-19(23)16-8-6-12-21(13-16)14-18(22)20-11-10-15-7-4-5-9-17(15)24-2/h4-5,7,9,16H,3,6,8,10-14H2,1-2H3,(H,20,22)/t16-/m1/s1. The van der Waals surface area contributed by atoms with Crippen molar-refractivity contribution >= 4 is 11.9 Å². The number of para-hydroxylation sites is 1. The van der Waals surface area contributed by atoms with E-state index in [0.717, 1.165) is 37.1 Å². The van der Waals surface area contributed by atoms with Gasteiger partial charge in [0.15, 0.2) is 0 Å². The molecule has 0 saturated carbocycles. The molecule has 1 amide bonds. The molecule has 6 heteroatoms. The fraction of sp³-hybridized carbons (Fsp3) is 0.579. The average Bonchev–Trinajstić information content (AvgIpc) is 2.62. The van der Waals surface area contributed by atoms with E-state index in [2.05, 4.69) is 5.32 Å². The number of amides is 1. The smallest absolute Gasteiger partial charge is 0.310 e. The van der Waals surface area contributed by atoms with Crippen molar-refractivity contribution in [3.8, 4) is 5.75 Å². The zero-order valence-electron chi connectivity index (χ0n) is 15.1. The minimum absolute atomic E-state index is 0.0144. The second-order valence-electron chi connectivity index (χ2n) is 6.24. The molecule has 138 valence electrons. The molecular weight excluding hydrogens is 320 g/mol. The lowest BCUT2D eigenvalue weighted by Gasteiger charge is -2.30. The summed E-state index contributed by atoms with van der Waals surface area (Å²) in [6.07, 6.45) is 2.48. The molecule has 2 rings (SSSR count). The van der Waals surface area contributed by atoms with Gasteiger partial charge in [-0.2, -0.15) is 0 Å². The number of carbonyl (C=O) groups is 2. The van der Waals surface area contributed by atoms with Gasteiger partial charge in [0.25, 0.3) is 0 Å². The number of piperidine rings is 1. The third-order valence-electron chi connectivity index (χ3n) is 4.40. The molecule has 1 aromatic rings.